The van der Waals surface area contributed by atoms with Crippen molar-refractivity contribution in [1.29, 1.82) is 0 Å². The largest absolute Gasteiger partial charge is 0.313 e. The highest BCUT2D eigenvalue weighted by molar-refractivity contribution is 4.85. The molecule has 0 aromatic heterocycles. The second-order valence-electron chi connectivity index (χ2n) is 6.87. The minimum Gasteiger partial charge on any atom is -0.313 e. The van der Waals surface area contributed by atoms with Gasteiger partial charge in [-0.25, -0.2) is 0 Å². The van der Waals surface area contributed by atoms with Crippen LogP contribution in [-0.4, -0.2) is 37.1 Å². The maximum atomic E-state index is 3.77. The quantitative estimate of drug-likeness (QED) is 0.718. The SMILES string of the molecule is CCN(CC)CCNC1CCC(C(C)(C)CC)CC1. The molecule has 2 nitrogen and oxygen atoms in total. The van der Waals surface area contributed by atoms with Gasteiger partial charge in [-0.1, -0.05) is 41.0 Å². The Morgan fingerprint density at radius 1 is 1.00 bits per heavy atom. The number of nitrogens with zero attached hydrogens (tertiary/aromatic N) is 1. The van der Waals surface area contributed by atoms with E-state index < -0.39 is 0 Å². The second kappa shape index (κ2) is 8.26. The van der Waals surface area contributed by atoms with Crippen molar-refractivity contribution in [2.75, 3.05) is 26.2 Å². The van der Waals surface area contributed by atoms with E-state index in [1.54, 1.807) is 0 Å². The van der Waals surface area contributed by atoms with E-state index in [-0.39, 0.29) is 0 Å². The van der Waals surface area contributed by atoms with Crippen molar-refractivity contribution < 1.29 is 0 Å². The van der Waals surface area contributed by atoms with Gasteiger partial charge < -0.3 is 10.2 Å². The molecule has 0 heterocycles. The molecule has 0 atom stereocenters. The Morgan fingerprint density at radius 2 is 1.58 bits per heavy atom. The van der Waals surface area contributed by atoms with Crippen LogP contribution < -0.4 is 5.32 Å². The zero-order chi connectivity index (χ0) is 14.3. The monoisotopic (exact) mass is 268 g/mol. The summed E-state index contributed by atoms with van der Waals surface area (Å²) in [5.74, 6) is 0.943. The van der Waals surface area contributed by atoms with Gasteiger partial charge in [-0.2, -0.15) is 0 Å². The summed E-state index contributed by atoms with van der Waals surface area (Å²) in [6, 6.07) is 0.777. The molecule has 1 saturated carbocycles. The molecule has 1 aliphatic carbocycles. The van der Waals surface area contributed by atoms with Crippen molar-refractivity contribution in [1.82, 2.24) is 10.2 Å². The third-order valence-electron chi connectivity index (χ3n) is 5.50. The second-order valence-corrected chi connectivity index (χ2v) is 6.87. The zero-order valence-corrected chi connectivity index (χ0v) is 14.0. The van der Waals surface area contributed by atoms with E-state index in [1.807, 2.05) is 0 Å². The summed E-state index contributed by atoms with van der Waals surface area (Å²) < 4.78 is 0. The molecular weight excluding hydrogens is 232 g/mol. The first kappa shape index (κ1) is 17.0. The summed E-state index contributed by atoms with van der Waals surface area (Å²) in [5, 5.41) is 3.77. The highest BCUT2D eigenvalue weighted by atomic mass is 15.1. The van der Waals surface area contributed by atoms with Crippen LogP contribution in [0.15, 0.2) is 0 Å². The molecule has 0 aromatic carbocycles. The molecular formula is C17H36N2. The molecule has 1 aliphatic rings. The van der Waals surface area contributed by atoms with Crippen molar-refractivity contribution in [2.24, 2.45) is 11.3 Å². The smallest absolute Gasteiger partial charge is 0.0107 e. The Kier molecular flexibility index (Phi) is 7.38. The molecule has 1 N–H and O–H groups in total. The topological polar surface area (TPSA) is 15.3 Å². The third kappa shape index (κ3) is 5.43. The van der Waals surface area contributed by atoms with Crippen LogP contribution in [0, 0.1) is 11.3 Å². The number of likely N-dealkylation sites (N-methyl/N-ethyl adjacent to an activating group) is 1. The maximum absolute atomic E-state index is 3.77. The van der Waals surface area contributed by atoms with Crippen LogP contribution in [0.2, 0.25) is 0 Å². The van der Waals surface area contributed by atoms with Crippen molar-refractivity contribution >= 4 is 0 Å². The molecule has 1 fully saturated rings. The van der Waals surface area contributed by atoms with Gasteiger partial charge in [-0.05, 0) is 50.1 Å². The summed E-state index contributed by atoms with van der Waals surface area (Å²) in [4.78, 5) is 2.50. The standard InChI is InChI=1S/C17H36N2/c1-6-17(4,5)15-9-11-16(12-10-15)18-13-14-19(7-2)8-3/h15-16,18H,6-14H2,1-5H3. The van der Waals surface area contributed by atoms with Gasteiger partial charge in [-0.3, -0.25) is 0 Å². The summed E-state index contributed by atoms with van der Waals surface area (Å²) in [6.07, 6.45) is 6.92. The predicted octanol–water partition coefficient (Wildman–Crippen LogP) is 3.91. The van der Waals surface area contributed by atoms with E-state index in [2.05, 4.69) is 44.8 Å². The first-order chi connectivity index (χ1) is 9.03. The summed E-state index contributed by atoms with van der Waals surface area (Å²) in [5.41, 5.74) is 0.548. The Labute approximate surface area is 121 Å². The van der Waals surface area contributed by atoms with Crippen LogP contribution in [0.3, 0.4) is 0 Å². The highest BCUT2D eigenvalue weighted by Gasteiger charge is 2.31. The lowest BCUT2D eigenvalue weighted by atomic mass is 9.69. The number of hydrogen-bond donors (Lipinski definition) is 1. The molecule has 0 radical (unpaired) electrons. The lowest BCUT2D eigenvalue weighted by Gasteiger charge is -2.39. The average molecular weight is 268 g/mol. The van der Waals surface area contributed by atoms with Crippen molar-refractivity contribution in [3.8, 4) is 0 Å². The molecule has 19 heavy (non-hydrogen) atoms. The van der Waals surface area contributed by atoms with E-state index in [0.29, 0.717) is 5.41 Å². The molecule has 0 unspecified atom stereocenters. The molecule has 0 saturated heterocycles. The average Bonchev–Trinajstić information content (AvgIpc) is 2.44. The molecule has 0 spiro atoms. The van der Waals surface area contributed by atoms with Crippen LogP contribution in [-0.2, 0) is 0 Å². The fourth-order valence-electron chi connectivity index (χ4n) is 3.33. The van der Waals surface area contributed by atoms with Gasteiger partial charge in [0, 0.05) is 19.1 Å². The van der Waals surface area contributed by atoms with E-state index in [9.17, 15) is 0 Å². The van der Waals surface area contributed by atoms with Crippen LogP contribution in [0.25, 0.3) is 0 Å². The Bertz CT molecular complexity index is 225. The molecule has 0 amide bonds. The Balaban J connectivity index is 2.20. The molecule has 0 aliphatic heterocycles. The Hall–Kier alpha value is -0.0800. The summed E-state index contributed by atoms with van der Waals surface area (Å²) in [7, 11) is 0. The fourth-order valence-corrected chi connectivity index (χ4v) is 3.33. The molecule has 114 valence electrons. The van der Waals surface area contributed by atoms with Crippen LogP contribution in [0.5, 0.6) is 0 Å². The van der Waals surface area contributed by atoms with Gasteiger partial charge in [0.25, 0.3) is 0 Å². The Morgan fingerprint density at radius 3 is 2.05 bits per heavy atom. The summed E-state index contributed by atoms with van der Waals surface area (Å²) >= 11 is 0. The first-order valence-electron chi connectivity index (χ1n) is 8.49. The minimum absolute atomic E-state index is 0.548. The van der Waals surface area contributed by atoms with Crippen LogP contribution in [0.4, 0.5) is 0 Å². The van der Waals surface area contributed by atoms with Crippen LogP contribution >= 0.6 is 0 Å². The van der Waals surface area contributed by atoms with Gasteiger partial charge in [0.15, 0.2) is 0 Å². The summed E-state index contributed by atoms with van der Waals surface area (Å²) in [6.45, 7) is 16.5. The predicted molar refractivity (Wildman–Crippen MR) is 85.6 cm³/mol. The van der Waals surface area contributed by atoms with Gasteiger partial charge in [0.1, 0.15) is 0 Å². The lowest BCUT2D eigenvalue weighted by molar-refractivity contribution is 0.136. The van der Waals surface area contributed by atoms with E-state index >= 15 is 0 Å². The first-order valence-corrected chi connectivity index (χ1v) is 8.49. The fraction of sp³-hybridized carbons (Fsp3) is 1.00. The lowest BCUT2D eigenvalue weighted by Crippen LogP contribution is -2.40. The number of hydrogen-bond acceptors (Lipinski definition) is 2. The van der Waals surface area contributed by atoms with Crippen LogP contribution in [0.1, 0.15) is 66.7 Å². The van der Waals surface area contributed by atoms with Crippen molar-refractivity contribution in [3.05, 3.63) is 0 Å². The third-order valence-corrected chi connectivity index (χ3v) is 5.50. The maximum Gasteiger partial charge on any atom is 0.0107 e. The number of rotatable bonds is 8. The van der Waals surface area contributed by atoms with E-state index in [0.717, 1.165) is 18.5 Å². The van der Waals surface area contributed by atoms with Gasteiger partial charge in [0.05, 0.1) is 0 Å². The number of nitrogens with one attached hydrogen (secondary N) is 1. The van der Waals surface area contributed by atoms with E-state index in [1.165, 1.54) is 51.7 Å². The van der Waals surface area contributed by atoms with E-state index in [4.69, 9.17) is 0 Å². The minimum atomic E-state index is 0.548. The van der Waals surface area contributed by atoms with Crippen molar-refractivity contribution in [2.45, 2.75) is 72.8 Å². The molecule has 1 rings (SSSR count). The normalized spacial score (nSPS) is 24.9. The molecule has 0 bridgehead atoms. The van der Waals surface area contributed by atoms with Crippen molar-refractivity contribution in [3.63, 3.8) is 0 Å². The molecule has 2 heteroatoms. The van der Waals surface area contributed by atoms with Gasteiger partial charge in [-0.15, -0.1) is 0 Å². The molecule has 0 aromatic rings. The van der Waals surface area contributed by atoms with Gasteiger partial charge >= 0.3 is 0 Å². The van der Waals surface area contributed by atoms with Gasteiger partial charge in [0.2, 0.25) is 0 Å². The highest BCUT2D eigenvalue weighted by Crippen LogP contribution is 2.40. The zero-order valence-electron chi connectivity index (χ0n) is 14.0.